The average Bonchev–Trinajstić information content (AvgIpc) is 3.29. The molecule has 2 heterocycles. The van der Waals surface area contributed by atoms with Crippen molar-refractivity contribution in [3.05, 3.63) is 76.3 Å². The van der Waals surface area contributed by atoms with Gasteiger partial charge in [0.05, 0.1) is 18.2 Å². The van der Waals surface area contributed by atoms with E-state index in [4.69, 9.17) is 38.1 Å². The van der Waals surface area contributed by atoms with Crippen molar-refractivity contribution in [1.82, 2.24) is 20.4 Å². The Morgan fingerprint density at radius 2 is 1.88 bits per heavy atom. The summed E-state index contributed by atoms with van der Waals surface area (Å²) >= 11 is 11.8. The van der Waals surface area contributed by atoms with E-state index in [9.17, 15) is 0 Å². The fourth-order valence-electron chi connectivity index (χ4n) is 3.76. The molecule has 0 aliphatic carbocycles. The van der Waals surface area contributed by atoms with Crippen molar-refractivity contribution < 1.29 is 9.26 Å². The van der Waals surface area contributed by atoms with Gasteiger partial charge in [-0.3, -0.25) is 0 Å². The summed E-state index contributed by atoms with van der Waals surface area (Å²) in [4.78, 5) is 6.74. The van der Waals surface area contributed by atoms with Gasteiger partial charge in [-0.2, -0.15) is 4.98 Å². The second kappa shape index (κ2) is 9.81. The number of hydrogen-bond donors (Lipinski definition) is 1. The molecule has 0 fully saturated rings. The number of ether oxygens (including phenoxy) is 1. The van der Waals surface area contributed by atoms with Gasteiger partial charge in [-0.15, -0.1) is 0 Å². The molecule has 1 aliphatic heterocycles. The van der Waals surface area contributed by atoms with Crippen LogP contribution in [0.4, 0.5) is 0 Å². The minimum absolute atomic E-state index is 0.241. The fraction of sp³-hybridized carbons (Fsp3) is 0.292. The van der Waals surface area contributed by atoms with Crippen LogP contribution in [-0.4, -0.2) is 40.4 Å². The van der Waals surface area contributed by atoms with Crippen LogP contribution < -0.4 is 5.32 Å². The summed E-state index contributed by atoms with van der Waals surface area (Å²) in [6.45, 7) is 5.30. The van der Waals surface area contributed by atoms with Crippen LogP contribution in [0.2, 0.25) is 5.02 Å². The molecule has 8 heteroatoms. The third-order valence-electron chi connectivity index (χ3n) is 5.60. The van der Waals surface area contributed by atoms with E-state index in [-0.39, 0.29) is 6.04 Å². The van der Waals surface area contributed by atoms with Crippen molar-refractivity contribution in [2.45, 2.75) is 26.3 Å². The largest absolute Gasteiger partial charge is 0.383 e. The molecule has 1 N–H and O–H groups in total. The normalized spacial score (nSPS) is 16.4. The Kier molecular flexibility index (Phi) is 6.89. The van der Waals surface area contributed by atoms with E-state index in [2.05, 4.69) is 29.5 Å². The lowest BCUT2D eigenvalue weighted by Crippen LogP contribution is -2.47. The predicted octanol–water partition coefficient (Wildman–Crippen LogP) is 5.26. The van der Waals surface area contributed by atoms with E-state index in [0.29, 0.717) is 35.0 Å². The molecule has 1 aromatic heterocycles. The zero-order valence-corrected chi connectivity index (χ0v) is 19.8. The smallest absolute Gasteiger partial charge is 0.258 e. The number of halogens is 1. The molecule has 32 heavy (non-hydrogen) atoms. The van der Waals surface area contributed by atoms with E-state index in [1.54, 1.807) is 7.11 Å². The van der Waals surface area contributed by atoms with Gasteiger partial charge in [-0.1, -0.05) is 60.1 Å². The lowest BCUT2D eigenvalue weighted by atomic mass is 9.95. The van der Waals surface area contributed by atoms with Crippen LogP contribution in [0, 0.1) is 0 Å². The van der Waals surface area contributed by atoms with Crippen LogP contribution in [-0.2, 0) is 11.2 Å². The van der Waals surface area contributed by atoms with Crippen LogP contribution in [0.3, 0.4) is 0 Å². The number of methoxy groups -OCH3 is 1. The molecule has 166 valence electrons. The van der Waals surface area contributed by atoms with Crippen LogP contribution in [0.25, 0.3) is 17.0 Å². The Bertz CT molecular complexity index is 1130. The van der Waals surface area contributed by atoms with Gasteiger partial charge in [-0.05, 0) is 48.8 Å². The minimum Gasteiger partial charge on any atom is -0.383 e. The van der Waals surface area contributed by atoms with Crippen molar-refractivity contribution in [1.29, 1.82) is 0 Å². The topological polar surface area (TPSA) is 63.4 Å². The van der Waals surface area contributed by atoms with E-state index in [1.165, 1.54) is 5.56 Å². The van der Waals surface area contributed by atoms with Gasteiger partial charge in [0.1, 0.15) is 0 Å². The van der Waals surface area contributed by atoms with E-state index in [1.807, 2.05) is 48.2 Å². The monoisotopic (exact) mass is 468 g/mol. The quantitative estimate of drug-likeness (QED) is 0.474. The van der Waals surface area contributed by atoms with Gasteiger partial charge in [0, 0.05) is 29.9 Å². The second-order valence-corrected chi connectivity index (χ2v) is 8.37. The van der Waals surface area contributed by atoms with Crippen molar-refractivity contribution in [2.75, 3.05) is 20.3 Å². The molecular formula is C24H25ClN4O2S. The first kappa shape index (κ1) is 22.5. The molecular weight excluding hydrogens is 444 g/mol. The Morgan fingerprint density at radius 3 is 2.53 bits per heavy atom. The first-order valence-corrected chi connectivity index (χ1v) is 11.3. The molecule has 1 unspecified atom stereocenters. The van der Waals surface area contributed by atoms with Crippen LogP contribution in [0.1, 0.15) is 36.9 Å². The zero-order valence-electron chi connectivity index (χ0n) is 18.3. The lowest BCUT2D eigenvalue weighted by molar-refractivity contribution is 0.183. The molecule has 0 bridgehead atoms. The number of allylic oxidation sites excluding steroid dienone is 1. The summed E-state index contributed by atoms with van der Waals surface area (Å²) in [7, 11) is 1.67. The summed E-state index contributed by atoms with van der Waals surface area (Å²) in [6.07, 6.45) is 0.982. The van der Waals surface area contributed by atoms with Crippen molar-refractivity contribution in [3.63, 3.8) is 0 Å². The molecule has 0 saturated carbocycles. The van der Waals surface area contributed by atoms with Crippen LogP contribution in [0.15, 0.2) is 58.8 Å². The number of nitrogens with one attached hydrogen (secondary N) is 1. The van der Waals surface area contributed by atoms with E-state index < -0.39 is 0 Å². The van der Waals surface area contributed by atoms with Crippen LogP contribution >= 0.6 is 23.8 Å². The molecule has 4 rings (SSSR count). The van der Waals surface area contributed by atoms with Crippen molar-refractivity contribution in [3.8, 4) is 11.4 Å². The molecule has 0 saturated heterocycles. The van der Waals surface area contributed by atoms with Gasteiger partial charge in [0.2, 0.25) is 5.82 Å². The molecule has 0 radical (unpaired) electrons. The number of hydrogen-bond acceptors (Lipinski definition) is 5. The van der Waals surface area contributed by atoms with Gasteiger partial charge < -0.3 is 19.5 Å². The Morgan fingerprint density at radius 1 is 1.16 bits per heavy atom. The highest BCUT2D eigenvalue weighted by atomic mass is 35.5. The summed E-state index contributed by atoms with van der Waals surface area (Å²) in [5, 5.41) is 8.98. The molecule has 0 spiro atoms. The number of thiocarbonyl (C=S) groups is 1. The molecule has 1 aliphatic rings. The first-order valence-electron chi connectivity index (χ1n) is 10.5. The first-order chi connectivity index (χ1) is 15.5. The van der Waals surface area contributed by atoms with E-state index in [0.717, 1.165) is 28.8 Å². The maximum atomic E-state index is 6.11. The van der Waals surface area contributed by atoms with Gasteiger partial charge >= 0.3 is 0 Å². The Hall–Kier alpha value is -2.74. The maximum Gasteiger partial charge on any atom is 0.258 e. The SMILES string of the molecule is CCc1ccc(-c2noc(C3=C(C)N(CCOC)C(=S)NC3c3ccc(Cl)cc3)n2)cc1. The molecule has 3 aromatic rings. The van der Waals surface area contributed by atoms with Gasteiger partial charge in [0.15, 0.2) is 5.11 Å². The minimum atomic E-state index is -0.241. The second-order valence-electron chi connectivity index (χ2n) is 7.55. The molecule has 1 atom stereocenters. The number of nitrogens with zero attached hydrogens (tertiary/aromatic N) is 3. The molecule has 0 amide bonds. The van der Waals surface area contributed by atoms with Gasteiger partial charge in [-0.25, -0.2) is 0 Å². The summed E-state index contributed by atoms with van der Waals surface area (Å²) in [6, 6.07) is 15.6. The summed E-state index contributed by atoms with van der Waals surface area (Å²) in [5.41, 5.74) is 5.00. The number of rotatable bonds is 7. The summed E-state index contributed by atoms with van der Waals surface area (Å²) in [5.74, 6) is 1.00. The van der Waals surface area contributed by atoms with Crippen molar-refractivity contribution >= 4 is 34.5 Å². The summed E-state index contributed by atoms with van der Waals surface area (Å²) < 4.78 is 11.0. The predicted molar refractivity (Wildman–Crippen MR) is 130 cm³/mol. The highest BCUT2D eigenvalue weighted by Crippen LogP contribution is 2.37. The fourth-order valence-corrected chi connectivity index (χ4v) is 4.23. The zero-order chi connectivity index (χ0) is 22.7. The molecule has 2 aromatic carbocycles. The number of aromatic nitrogens is 2. The highest BCUT2D eigenvalue weighted by Gasteiger charge is 2.33. The van der Waals surface area contributed by atoms with Crippen molar-refractivity contribution in [2.24, 2.45) is 0 Å². The number of benzene rings is 2. The Labute approximate surface area is 198 Å². The highest BCUT2D eigenvalue weighted by molar-refractivity contribution is 7.80. The third-order valence-corrected chi connectivity index (χ3v) is 6.19. The maximum absolute atomic E-state index is 6.11. The lowest BCUT2D eigenvalue weighted by Gasteiger charge is -2.37. The number of aryl methyl sites for hydroxylation is 1. The van der Waals surface area contributed by atoms with E-state index >= 15 is 0 Å². The standard InChI is InChI=1S/C24H25ClN4O2S/c1-4-16-5-7-18(8-6-16)22-27-23(31-28-22)20-15(2)29(13-14-30-3)24(32)26-21(20)17-9-11-19(25)12-10-17/h5-12,21H,4,13-14H2,1-3H3,(H,26,32). The van der Waals surface area contributed by atoms with Gasteiger partial charge in [0.25, 0.3) is 5.89 Å². The van der Waals surface area contributed by atoms with Crippen LogP contribution in [0.5, 0.6) is 0 Å². The average molecular weight is 469 g/mol. The third kappa shape index (κ3) is 4.55. The molecule has 6 nitrogen and oxygen atoms in total. The Balaban J connectivity index is 1.76.